The maximum Gasteiger partial charge on any atom is 0.407 e. The lowest BCUT2D eigenvalue weighted by molar-refractivity contribution is -0.131. The Bertz CT molecular complexity index is 1520. The standard InChI is InChI=1S/C29H35FN10O3/c30-25-27(33-20-4-3-10-39(19-20)24(41)6-9-31)34-26(22-18-32-40-11-2-1-5-23(22)40)35-28(25)37-16-14-36(15-17-37)21-7-12-38(13-8-21)29(42)43/h1-2,5,11,18,20-21H,3-4,6-8,10,12-17,19H2,(H,42,43)(H,33,34,35)/t20-/m1/s1. The number of fused-ring (bicyclic) bond motifs is 1. The van der Waals surface area contributed by atoms with Gasteiger partial charge in [0.2, 0.25) is 11.7 Å². The van der Waals surface area contributed by atoms with Gasteiger partial charge < -0.3 is 25.1 Å². The Morgan fingerprint density at radius 1 is 1.05 bits per heavy atom. The third-order valence-corrected chi connectivity index (χ3v) is 8.71. The minimum absolute atomic E-state index is 0.0818. The number of anilines is 2. The molecule has 43 heavy (non-hydrogen) atoms. The summed E-state index contributed by atoms with van der Waals surface area (Å²) in [6, 6.07) is 7.69. The lowest BCUT2D eigenvalue weighted by Gasteiger charge is -2.42. The molecule has 2 amide bonds. The fourth-order valence-electron chi connectivity index (χ4n) is 6.38. The number of carbonyl (C=O) groups excluding carboxylic acids is 1. The van der Waals surface area contributed by atoms with Gasteiger partial charge in [0.1, 0.15) is 6.42 Å². The summed E-state index contributed by atoms with van der Waals surface area (Å²) in [6.45, 7) is 4.57. The van der Waals surface area contributed by atoms with Crippen molar-refractivity contribution >= 4 is 29.2 Å². The summed E-state index contributed by atoms with van der Waals surface area (Å²) in [5.41, 5.74) is 1.48. The van der Waals surface area contributed by atoms with Gasteiger partial charge in [-0.2, -0.15) is 14.8 Å². The lowest BCUT2D eigenvalue weighted by atomic mass is 10.0. The predicted molar refractivity (Wildman–Crippen MR) is 156 cm³/mol. The van der Waals surface area contributed by atoms with Gasteiger partial charge in [-0.15, -0.1) is 0 Å². The van der Waals surface area contributed by atoms with Crippen molar-refractivity contribution in [2.24, 2.45) is 0 Å². The number of amides is 2. The summed E-state index contributed by atoms with van der Waals surface area (Å²) in [5, 5.41) is 25.9. The molecule has 6 rings (SSSR count). The Hall–Kier alpha value is -4.51. The highest BCUT2D eigenvalue weighted by Gasteiger charge is 2.32. The van der Waals surface area contributed by atoms with E-state index in [0.717, 1.165) is 31.2 Å². The van der Waals surface area contributed by atoms with Crippen LogP contribution < -0.4 is 10.2 Å². The number of nitriles is 1. The molecule has 3 fully saturated rings. The second-order valence-corrected chi connectivity index (χ2v) is 11.3. The molecule has 1 atom stereocenters. The van der Waals surface area contributed by atoms with Crippen LogP contribution in [0.2, 0.25) is 0 Å². The summed E-state index contributed by atoms with van der Waals surface area (Å²) in [7, 11) is 0. The van der Waals surface area contributed by atoms with Crippen molar-refractivity contribution in [3.63, 3.8) is 0 Å². The third kappa shape index (κ3) is 6.03. The van der Waals surface area contributed by atoms with E-state index >= 15 is 4.39 Å². The number of nitrogens with one attached hydrogen (secondary N) is 1. The zero-order valence-electron chi connectivity index (χ0n) is 23.9. The van der Waals surface area contributed by atoms with Gasteiger partial charge in [0.05, 0.1) is 23.3 Å². The summed E-state index contributed by atoms with van der Waals surface area (Å²) in [5.74, 6) is -0.105. The minimum Gasteiger partial charge on any atom is -0.465 e. The van der Waals surface area contributed by atoms with Crippen LogP contribution in [0.4, 0.5) is 20.8 Å². The SMILES string of the molecule is N#CCC(=O)N1CCC[C@@H](Nc2nc(-c3cnn4ccccc34)nc(N3CCN(C4CCN(C(=O)O)CC4)CC3)c2F)C1. The van der Waals surface area contributed by atoms with Gasteiger partial charge in [-0.25, -0.2) is 19.3 Å². The number of hydrogen-bond donors (Lipinski definition) is 2. The molecule has 3 aliphatic heterocycles. The van der Waals surface area contributed by atoms with Gasteiger partial charge in [0.15, 0.2) is 17.5 Å². The first-order valence-electron chi connectivity index (χ1n) is 14.8. The van der Waals surface area contributed by atoms with E-state index in [9.17, 15) is 14.7 Å². The number of carbonyl (C=O) groups is 2. The second kappa shape index (κ2) is 12.4. The van der Waals surface area contributed by atoms with E-state index in [2.05, 4.69) is 20.3 Å². The molecule has 0 radical (unpaired) electrons. The zero-order chi connectivity index (χ0) is 29.9. The molecule has 0 bridgehead atoms. The second-order valence-electron chi connectivity index (χ2n) is 11.3. The summed E-state index contributed by atoms with van der Waals surface area (Å²) in [4.78, 5) is 40.5. The van der Waals surface area contributed by atoms with Crippen molar-refractivity contribution in [1.82, 2.24) is 34.3 Å². The van der Waals surface area contributed by atoms with Crippen molar-refractivity contribution in [2.75, 3.05) is 62.6 Å². The number of pyridine rings is 1. The number of piperazine rings is 1. The first-order valence-corrected chi connectivity index (χ1v) is 14.8. The number of carboxylic acid groups (broad SMARTS) is 1. The van der Waals surface area contributed by atoms with E-state index in [1.54, 1.807) is 15.6 Å². The zero-order valence-corrected chi connectivity index (χ0v) is 23.9. The van der Waals surface area contributed by atoms with Crippen molar-refractivity contribution in [2.45, 2.75) is 44.2 Å². The van der Waals surface area contributed by atoms with Gasteiger partial charge in [0, 0.05) is 70.6 Å². The largest absolute Gasteiger partial charge is 0.465 e. The fraction of sp³-hybridized carbons (Fsp3) is 0.517. The molecule has 6 heterocycles. The molecule has 226 valence electrons. The molecule has 0 saturated carbocycles. The van der Waals surface area contributed by atoms with Crippen LogP contribution in [0.3, 0.4) is 0 Å². The minimum atomic E-state index is -0.872. The van der Waals surface area contributed by atoms with Crippen molar-refractivity contribution < 1.29 is 19.1 Å². The number of piperidine rings is 2. The van der Waals surface area contributed by atoms with Crippen LogP contribution in [0, 0.1) is 17.1 Å². The third-order valence-electron chi connectivity index (χ3n) is 8.71. The summed E-state index contributed by atoms with van der Waals surface area (Å²) < 4.78 is 18.0. The molecule has 3 saturated heterocycles. The maximum atomic E-state index is 16.2. The smallest absolute Gasteiger partial charge is 0.407 e. The van der Waals surface area contributed by atoms with Gasteiger partial charge in [-0.05, 0) is 37.8 Å². The van der Waals surface area contributed by atoms with Crippen molar-refractivity contribution in [3.8, 4) is 17.5 Å². The van der Waals surface area contributed by atoms with Crippen LogP contribution in [0.15, 0.2) is 30.6 Å². The Kier molecular flexibility index (Phi) is 8.24. The van der Waals surface area contributed by atoms with Crippen molar-refractivity contribution in [3.05, 3.63) is 36.4 Å². The molecular weight excluding hydrogens is 555 g/mol. The van der Waals surface area contributed by atoms with Gasteiger partial charge in [0.25, 0.3) is 0 Å². The van der Waals surface area contributed by atoms with Gasteiger partial charge >= 0.3 is 6.09 Å². The first-order chi connectivity index (χ1) is 20.9. The monoisotopic (exact) mass is 590 g/mol. The van der Waals surface area contributed by atoms with Crippen LogP contribution in [0.25, 0.3) is 16.9 Å². The van der Waals surface area contributed by atoms with Crippen molar-refractivity contribution in [1.29, 1.82) is 5.26 Å². The quantitative estimate of drug-likeness (QED) is 0.439. The van der Waals surface area contributed by atoms with E-state index in [1.807, 2.05) is 35.4 Å². The Morgan fingerprint density at radius 2 is 1.84 bits per heavy atom. The van der Waals surface area contributed by atoms with Gasteiger partial charge in [-0.3, -0.25) is 9.69 Å². The van der Waals surface area contributed by atoms with E-state index in [4.69, 9.17) is 10.2 Å². The molecule has 0 aliphatic carbocycles. The number of aromatic nitrogens is 4. The maximum absolute atomic E-state index is 16.2. The topological polar surface area (TPSA) is 146 Å². The molecule has 2 N–H and O–H groups in total. The highest BCUT2D eigenvalue weighted by Crippen LogP contribution is 2.31. The number of hydrogen-bond acceptors (Lipinski definition) is 9. The van der Waals surface area contributed by atoms with Crippen LogP contribution in [0.5, 0.6) is 0 Å². The Morgan fingerprint density at radius 3 is 2.58 bits per heavy atom. The van der Waals surface area contributed by atoms with Crippen LogP contribution >= 0.6 is 0 Å². The Balaban J connectivity index is 1.24. The van der Waals surface area contributed by atoms with E-state index in [1.165, 1.54) is 4.90 Å². The lowest BCUT2D eigenvalue weighted by Crippen LogP contribution is -2.54. The first kappa shape index (κ1) is 28.6. The average molecular weight is 591 g/mol. The van der Waals surface area contributed by atoms with E-state index in [-0.39, 0.29) is 30.0 Å². The molecule has 3 aromatic heterocycles. The molecule has 3 aromatic rings. The van der Waals surface area contributed by atoms with Crippen LogP contribution in [-0.4, -0.2) is 116 Å². The normalized spacial score (nSPS) is 20.3. The number of rotatable bonds is 6. The summed E-state index contributed by atoms with van der Waals surface area (Å²) in [6.07, 6.45) is 5.51. The molecule has 0 unspecified atom stereocenters. The molecule has 3 aliphatic rings. The Labute approximate surface area is 248 Å². The van der Waals surface area contributed by atoms with Gasteiger partial charge in [-0.1, -0.05) is 6.07 Å². The predicted octanol–water partition coefficient (Wildman–Crippen LogP) is 2.51. The highest BCUT2D eigenvalue weighted by atomic mass is 19.1. The van der Waals surface area contributed by atoms with Crippen LogP contribution in [0.1, 0.15) is 32.1 Å². The highest BCUT2D eigenvalue weighted by molar-refractivity contribution is 5.79. The average Bonchev–Trinajstić information content (AvgIpc) is 3.47. The fourth-order valence-corrected chi connectivity index (χ4v) is 6.38. The molecule has 13 nitrogen and oxygen atoms in total. The molecule has 0 aromatic carbocycles. The number of nitrogens with zero attached hydrogens (tertiary/aromatic N) is 9. The van der Waals surface area contributed by atoms with E-state index in [0.29, 0.717) is 69.8 Å². The molecule has 0 spiro atoms. The molecule has 14 heteroatoms. The van der Waals surface area contributed by atoms with Crippen LogP contribution in [-0.2, 0) is 4.79 Å². The summed E-state index contributed by atoms with van der Waals surface area (Å²) >= 11 is 0. The van der Waals surface area contributed by atoms with E-state index < -0.39 is 11.9 Å². The number of likely N-dealkylation sites (tertiary alicyclic amines) is 2. The molecular formula is C29H35FN10O3. The number of halogens is 1.